The molecular weight excluding hydrogens is 749 g/mol. The van der Waals surface area contributed by atoms with Gasteiger partial charge < -0.3 is 9.80 Å². The van der Waals surface area contributed by atoms with Crippen LogP contribution in [-0.4, -0.2) is 0 Å². The number of benzene rings is 7. The Morgan fingerprint density at radius 2 is 0.774 bits per heavy atom. The van der Waals surface area contributed by atoms with Gasteiger partial charge in [-0.05, 0) is 177 Å². The molecule has 62 heavy (non-hydrogen) atoms. The summed E-state index contributed by atoms with van der Waals surface area (Å²) in [6, 6.07) is 60.6. The molecule has 0 saturated heterocycles. The maximum absolute atomic E-state index is 2.52. The average molecular weight is 815 g/mol. The van der Waals surface area contributed by atoms with Gasteiger partial charge in [-0.3, -0.25) is 0 Å². The highest BCUT2D eigenvalue weighted by molar-refractivity contribution is 5.90. The van der Waals surface area contributed by atoms with Crippen LogP contribution in [-0.2, 0) is 24.7 Å². The van der Waals surface area contributed by atoms with E-state index in [1.807, 2.05) is 0 Å². The van der Waals surface area contributed by atoms with E-state index in [2.05, 4.69) is 209 Å². The third-order valence-electron chi connectivity index (χ3n) is 13.3. The van der Waals surface area contributed by atoms with E-state index in [9.17, 15) is 0 Å². The van der Waals surface area contributed by atoms with Gasteiger partial charge >= 0.3 is 0 Å². The van der Waals surface area contributed by atoms with E-state index in [0.717, 1.165) is 19.3 Å². The molecule has 0 bridgehead atoms. The monoisotopic (exact) mass is 815 g/mol. The second-order valence-electron chi connectivity index (χ2n) is 18.0. The third kappa shape index (κ3) is 9.03. The number of hydrogen-bond donors (Lipinski definition) is 0. The fraction of sp³-hybridized carbons (Fsp3) is 0.300. The van der Waals surface area contributed by atoms with Crippen molar-refractivity contribution < 1.29 is 0 Å². The molecule has 1 aliphatic carbocycles. The van der Waals surface area contributed by atoms with E-state index in [-0.39, 0.29) is 0 Å². The van der Waals surface area contributed by atoms with Crippen molar-refractivity contribution in [3.05, 3.63) is 202 Å². The summed E-state index contributed by atoms with van der Waals surface area (Å²) in [7, 11) is 0. The number of aryl methyl sites for hydroxylation is 5. The lowest BCUT2D eigenvalue weighted by Crippen LogP contribution is -2.23. The molecule has 0 fully saturated rings. The summed E-state index contributed by atoms with van der Waals surface area (Å²) < 4.78 is 0. The smallest absolute Gasteiger partial charge is 0.0465 e. The Kier molecular flexibility index (Phi) is 13.4. The molecule has 0 aromatic heterocycles. The van der Waals surface area contributed by atoms with Crippen LogP contribution in [0, 0.1) is 13.8 Å². The van der Waals surface area contributed by atoms with Crippen molar-refractivity contribution in [3.63, 3.8) is 0 Å². The standard InChI is InChI=1S/C60H66N2/c1-7-10-13-14-18-48-19-15-20-49(41-48)60(6)58-42-54(61(50-29-21-44(4)22-30-50)52-33-25-46(26-34-52)16-11-8-2)37-39-56(58)57-40-38-55(43-59(57)60)62(51-31-23-45(5)24-32-51)53-35-27-47(28-36-53)17-12-9-3/h15,19-43H,7-14,16-18H2,1-6H3. The fourth-order valence-electron chi connectivity index (χ4n) is 9.56. The van der Waals surface area contributed by atoms with Crippen molar-refractivity contribution in [3.8, 4) is 11.1 Å². The molecule has 0 radical (unpaired) electrons. The third-order valence-corrected chi connectivity index (χ3v) is 13.3. The van der Waals surface area contributed by atoms with Gasteiger partial charge in [0.2, 0.25) is 0 Å². The van der Waals surface area contributed by atoms with Crippen LogP contribution in [0.15, 0.2) is 158 Å². The van der Waals surface area contributed by atoms with Crippen molar-refractivity contribution in [2.45, 2.75) is 118 Å². The summed E-state index contributed by atoms with van der Waals surface area (Å²) in [5, 5.41) is 0. The van der Waals surface area contributed by atoms with Crippen LogP contribution < -0.4 is 9.80 Å². The average Bonchev–Trinajstić information content (AvgIpc) is 3.56. The molecular formula is C60H66N2. The van der Waals surface area contributed by atoms with Crippen molar-refractivity contribution in [1.82, 2.24) is 0 Å². The van der Waals surface area contributed by atoms with E-state index in [1.54, 1.807) is 0 Å². The highest BCUT2D eigenvalue weighted by Crippen LogP contribution is 2.55. The quantitative estimate of drug-likeness (QED) is 0.0796. The Hall–Kier alpha value is -5.86. The van der Waals surface area contributed by atoms with Gasteiger partial charge in [-0.1, -0.05) is 149 Å². The number of rotatable bonds is 18. The fourth-order valence-corrected chi connectivity index (χ4v) is 9.56. The van der Waals surface area contributed by atoms with Crippen LogP contribution in [0.4, 0.5) is 34.1 Å². The molecule has 0 aliphatic heterocycles. The molecule has 7 aromatic rings. The van der Waals surface area contributed by atoms with E-state index >= 15 is 0 Å². The number of hydrogen-bond acceptors (Lipinski definition) is 2. The highest BCUT2D eigenvalue weighted by atomic mass is 15.1. The van der Waals surface area contributed by atoms with Crippen molar-refractivity contribution in [2.24, 2.45) is 0 Å². The lowest BCUT2D eigenvalue weighted by Gasteiger charge is -2.32. The normalized spacial score (nSPS) is 12.5. The molecule has 0 spiro atoms. The molecule has 1 aliphatic rings. The number of unbranched alkanes of at least 4 members (excludes halogenated alkanes) is 5. The molecule has 316 valence electrons. The second-order valence-corrected chi connectivity index (χ2v) is 18.0. The first-order valence-corrected chi connectivity index (χ1v) is 23.6. The summed E-state index contributed by atoms with van der Waals surface area (Å²) in [5.41, 5.74) is 20.1. The molecule has 0 saturated carbocycles. The van der Waals surface area contributed by atoms with Crippen molar-refractivity contribution in [1.29, 1.82) is 0 Å². The number of anilines is 6. The largest absolute Gasteiger partial charge is 0.310 e. The van der Waals surface area contributed by atoms with E-state index in [1.165, 1.54) is 141 Å². The van der Waals surface area contributed by atoms with Gasteiger partial charge in [0.05, 0.1) is 0 Å². The summed E-state index contributed by atoms with van der Waals surface area (Å²) in [6.45, 7) is 13.7. The van der Waals surface area contributed by atoms with Crippen LogP contribution in [0.3, 0.4) is 0 Å². The number of fused-ring (bicyclic) bond motifs is 3. The summed E-state index contributed by atoms with van der Waals surface area (Å²) in [4.78, 5) is 4.90. The zero-order chi connectivity index (χ0) is 43.1. The van der Waals surface area contributed by atoms with Crippen molar-refractivity contribution in [2.75, 3.05) is 9.80 Å². The first-order valence-electron chi connectivity index (χ1n) is 23.6. The number of nitrogens with zero attached hydrogens (tertiary/aromatic N) is 2. The summed E-state index contributed by atoms with van der Waals surface area (Å²) in [5.74, 6) is 0. The lowest BCUT2D eigenvalue weighted by molar-refractivity contribution is 0.664. The van der Waals surface area contributed by atoms with Gasteiger partial charge in [0.1, 0.15) is 0 Å². The Labute approximate surface area is 373 Å². The molecule has 2 nitrogen and oxygen atoms in total. The van der Waals surface area contributed by atoms with Gasteiger partial charge in [-0.2, -0.15) is 0 Å². The van der Waals surface area contributed by atoms with Crippen LogP contribution in [0.25, 0.3) is 11.1 Å². The van der Waals surface area contributed by atoms with Gasteiger partial charge in [0, 0.05) is 39.5 Å². The van der Waals surface area contributed by atoms with Gasteiger partial charge in [-0.15, -0.1) is 0 Å². The van der Waals surface area contributed by atoms with Crippen LogP contribution in [0.2, 0.25) is 0 Å². The predicted molar refractivity (Wildman–Crippen MR) is 268 cm³/mol. The summed E-state index contributed by atoms with van der Waals surface area (Å²) >= 11 is 0. The van der Waals surface area contributed by atoms with Crippen LogP contribution >= 0.6 is 0 Å². The molecule has 0 heterocycles. The van der Waals surface area contributed by atoms with Gasteiger partial charge in [0.25, 0.3) is 0 Å². The predicted octanol–water partition coefficient (Wildman–Crippen LogP) is 17.4. The zero-order valence-electron chi connectivity index (χ0n) is 38.2. The topological polar surface area (TPSA) is 6.48 Å². The Morgan fingerprint density at radius 1 is 0.371 bits per heavy atom. The van der Waals surface area contributed by atoms with Crippen LogP contribution in [0.5, 0.6) is 0 Å². The van der Waals surface area contributed by atoms with E-state index in [4.69, 9.17) is 0 Å². The Morgan fingerprint density at radius 3 is 1.21 bits per heavy atom. The minimum atomic E-state index is -0.401. The SMILES string of the molecule is CCCCCCc1cccc(C2(C)c3cc(N(c4ccc(C)cc4)c4ccc(CCCC)cc4)ccc3-c3ccc(N(c4ccc(C)cc4)c4ccc(CCCC)cc4)cc32)c1. The second kappa shape index (κ2) is 19.5. The maximum atomic E-state index is 2.52. The van der Waals surface area contributed by atoms with E-state index in [0.29, 0.717) is 0 Å². The summed E-state index contributed by atoms with van der Waals surface area (Å²) in [6.07, 6.45) is 13.2. The minimum Gasteiger partial charge on any atom is -0.310 e. The molecule has 0 N–H and O–H groups in total. The molecule has 8 rings (SSSR count). The van der Waals surface area contributed by atoms with Gasteiger partial charge in [-0.25, -0.2) is 0 Å². The van der Waals surface area contributed by atoms with Crippen molar-refractivity contribution >= 4 is 34.1 Å². The minimum absolute atomic E-state index is 0.401. The lowest BCUT2D eigenvalue weighted by atomic mass is 9.73. The first kappa shape index (κ1) is 42.8. The van der Waals surface area contributed by atoms with Gasteiger partial charge in [0.15, 0.2) is 0 Å². The molecule has 0 amide bonds. The highest BCUT2D eigenvalue weighted by Gasteiger charge is 2.42. The molecule has 0 atom stereocenters. The Balaban J connectivity index is 1.29. The zero-order valence-corrected chi connectivity index (χ0v) is 38.2. The first-order chi connectivity index (χ1) is 30.3. The molecule has 7 aromatic carbocycles. The Bertz CT molecular complexity index is 2390. The molecule has 2 heteroatoms. The van der Waals surface area contributed by atoms with E-state index < -0.39 is 5.41 Å². The van der Waals surface area contributed by atoms with Crippen LogP contribution in [0.1, 0.15) is 124 Å². The maximum Gasteiger partial charge on any atom is 0.0465 e. The molecule has 0 unspecified atom stereocenters.